The Labute approximate surface area is 118 Å². The Bertz CT molecular complexity index is 685. The molecule has 0 fully saturated rings. The van der Waals surface area contributed by atoms with Crippen LogP contribution in [0.15, 0.2) is 47.6 Å². The predicted octanol–water partition coefficient (Wildman–Crippen LogP) is 1.49. The maximum Gasteiger partial charge on any atom is 0.240 e. The van der Waals surface area contributed by atoms with Crippen LogP contribution in [0.3, 0.4) is 0 Å². The topological polar surface area (TPSA) is 85.1 Å². The summed E-state index contributed by atoms with van der Waals surface area (Å²) in [6.07, 6.45) is 4.00. The van der Waals surface area contributed by atoms with Gasteiger partial charge in [-0.3, -0.25) is 4.98 Å². The van der Waals surface area contributed by atoms with E-state index in [1.165, 1.54) is 6.07 Å². The molecule has 0 spiro atoms. The Balaban J connectivity index is 2.06. The van der Waals surface area contributed by atoms with Crippen molar-refractivity contribution in [2.45, 2.75) is 18.2 Å². The second kappa shape index (κ2) is 6.02. The van der Waals surface area contributed by atoms with Gasteiger partial charge in [0.05, 0.1) is 4.90 Å². The predicted molar refractivity (Wildman–Crippen MR) is 78.7 cm³/mol. The number of hydrogen-bond acceptors (Lipinski definition) is 4. The van der Waals surface area contributed by atoms with Crippen LogP contribution in [0.4, 0.5) is 5.69 Å². The summed E-state index contributed by atoms with van der Waals surface area (Å²) in [7, 11) is -3.53. The van der Waals surface area contributed by atoms with Crippen molar-refractivity contribution in [1.82, 2.24) is 9.71 Å². The highest BCUT2D eigenvalue weighted by Crippen LogP contribution is 2.17. The van der Waals surface area contributed by atoms with Gasteiger partial charge in [0.2, 0.25) is 10.0 Å². The van der Waals surface area contributed by atoms with Crippen molar-refractivity contribution in [2.24, 2.45) is 0 Å². The van der Waals surface area contributed by atoms with E-state index in [0.29, 0.717) is 24.2 Å². The zero-order chi connectivity index (χ0) is 14.6. The van der Waals surface area contributed by atoms with Gasteiger partial charge in [-0.05, 0) is 42.7 Å². The fourth-order valence-corrected chi connectivity index (χ4v) is 3.17. The van der Waals surface area contributed by atoms with Crippen molar-refractivity contribution in [3.05, 3.63) is 53.9 Å². The van der Waals surface area contributed by atoms with Gasteiger partial charge in [-0.25, -0.2) is 13.1 Å². The lowest BCUT2D eigenvalue weighted by molar-refractivity contribution is 0.581. The number of aromatic nitrogens is 1. The number of benzene rings is 1. The Hall–Kier alpha value is -1.92. The molecular weight excluding hydrogens is 274 g/mol. The van der Waals surface area contributed by atoms with Crippen LogP contribution in [0, 0.1) is 6.92 Å². The first kappa shape index (κ1) is 14.5. The number of nitrogens with one attached hydrogen (secondary N) is 1. The first-order chi connectivity index (χ1) is 9.49. The van der Waals surface area contributed by atoms with Gasteiger partial charge in [0.25, 0.3) is 0 Å². The van der Waals surface area contributed by atoms with E-state index < -0.39 is 10.0 Å². The normalized spacial score (nSPS) is 11.4. The second-order valence-corrected chi connectivity index (χ2v) is 6.27. The maximum atomic E-state index is 12.2. The van der Waals surface area contributed by atoms with Crippen molar-refractivity contribution in [3.63, 3.8) is 0 Å². The van der Waals surface area contributed by atoms with Gasteiger partial charge in [0, 0.05) is 24.6 Å². The molecule has 2 aromatic rings. The molecule has 2 rings (SSSR count). The van der Waals surface area contributed by atoms with E-state index in [9.17, 15) is 8.42 Å². The highest BCUT2D eigenvalue weighted by Gasteiger charge is 2.16. The molecule has 5 nitrogen and oxygen atoms in total. The standard InChI is InChI=1S/C14H17N3O2S/c1-11-4-5-13(15)9-14(11)20(18,19)17-8-6-12-3-2-7-16-10-12/h2-5,7,9-10,17H,6,8,15H2,1H3. The van der Waals surface area contributed by atoms with Crippen LogP contribution in [0.2, 0.25) is 0 Å². The number of nitrogens with zero attached hydrogens (tertiary/aromatic N) is 1. The molecule has 1 aromatic carbocycles. The molecule has 0 aliphatic rings. The van der Waals surface area contributed by atoms with Crippen molar-refractivity contribution in [2.75, 3.05) is 12.3 Å². The average molecular weight is 291 g/mol. The van der Waals surface area contributed by atoms with Gasteiger partial charge in [-0.15, -0.1) is 0 Å². The molecule has 0 aliphatic carbocycles. The van der Waals surface area contributed by atoms with Crippen molar-refractivity contribution < 1.29 is 8.42 Å². The lowest BCUT2D eigenvalue weighted by Crippen LogP contribution is -2.26. The van der Waals surface area contributed by atoms with E-state index >= 15 is 0 Å². The SMILES string of the molecule is Cc1ccc(N)cc1S(=O)(=O)NCCc1cccnc1. The average Bonchev–Trinajstić information content (AvgIpc) is 2.42. The van der Waals surface area contributed by atoms with Crippen LogP contribution in [-0.2, 0) is 16.4 Å². The van der Waals surface area contributed by atoms with Crippen LogP contribution in [0.25, 0.3) is 0 Å². The summed E-state index contributed by atoms with van der Waals surface area (Å²) >= 11 is 0. The van der Waals surface area contributed by atoms with Gasteiger partial charge in [-0.2, -0.15) is 0 Å². The molecule has 0 atom stereocenters. The smallest absolute Gasteiger partial charge is 0.240 e. The van der Waals surface area contributed by atoms with E-state index in [1.54, 1.807) is 31.5 Å². The van der Waals surface area contributed by atoms with Crippen LogP contribution in [-0.4, -0.2) is 19.9 Å². The van der Waals surface area contributed by atoms with Crippen molar-refractivity contribution in [1.29, 1.82) is 0 Å². The monoisotopic (exact) mass is 291 g/mol. The minimum absolute atomic E-state index is 0.226. The molecular formula is C14H17N3O2S. The molecule has 0 saturated carbocycles. The minimum atomic E-state index is -3.53. The third-order valence-electron chi connectivity index (χ3n) is 2.93. The highest BCUT2D eigenvalue weighted by atomic mass is 32.2. The molecule has 0 unspecified atom stereocenters. The first-order valence-corrected chi connectivity index (χ1v) is 7.72. The van der Waals surface area contributed by atoms with Crippen LogP contribution < -0.4 is 10.5 Å². The summed E-state index contributed by atoms with van der Waals surface area (Å²) in [6.45, 7) is 2.07. The summed E-state index contributed by atoms with van der Waals surface area (Å²) in [5.74, 6) is 0. The molecule has 106 valence electrons. The zero-order valence-corrected chi connectivity index (χ0v) is 12.0. The van der Waals surface area contributed by atoms with Gasteiger partial charge in [-0.1, -0.05) is 12.1 Å². The molecule has 1 heterocycles. The maximum absolute atomic E-state index is 12.2. The number of hydrogen-bond donors (Lipinski definition) is 2. The molecule has 0 amide bonds. The third-order valence-corrected chi connectivity index (χ3v) is 4.53. The van der Waals surface area contributed by atoms with E-state index in [-0.39, 0.29) is 4.90 Å². The zero-order valence-electron chi connectivity index (χ0n) is 11.2. The number of anilines is 1. The van der Waals surface area contributed by atoms with Crippen molar-refractivity contribution in [3.8, 4) is 0 Å². The Morgan fingerprint density at radius 1 is 1.30 bits per heavy atom. The number of nitrogens with two attached hydrogens (primary N) is 1. The summed E-state index contributed by atoms with van der Waals surface area (Å²) < 4.78 is 27.0. The molecule has 0 saturated heterocycles. The summed E-state index contributed by atoms with van der Waals surface area (Å²) in [5, 5.41) is 0. The molecule has 0 aliphatic heterocycles. The summed E-state index contributed by atoms with van der Waals surface area (Å²) in [4.78, 5) is 4.22. The van der Waals surface area contributed by atoms with Gasteiger partial charge in [0.15, 0.2) is 0 Å². The molecule has 3 N–H and O–H groups in total. The van der Waals surface area contributed by atoms with E-state index in [1.807, 2.05) is 12.1 Å². The van der Waals surface area contributed by atoms with E-state index in [4.69, 9.17) is 5.73 Å². The number of sulfonamides is 1. The third kappa shape index (κ3) is 3.55. The van der Waals surface area contributed by atoms with Crippen molar-refractivity contribution >= 4 is 15.7 Å². The van der Waals surface area contributed by atoms with Gasteiger partial charge >= 0.3 is 0 Å². The van der Waals surface area contributed by atoms with Crippen LogP contribution in [0.5, 0.6) is 0 Å². The minimum Gasteiger partial charge on any atom is -0.399 e. The molecule has 0 bridgehead atoms. The molecule has 6 heteroatoms. The van der Waals surface area contributed by atoms with Gasteiger partial charge < -0.3 is 5.73 Å². The van der Waals surface area contributed by atoms with Crippen LogP contribution >= 0.6 is 0 Å². The number of nitrogen functional groups attached to an aromatic ring is 1. The lowest BCUT2D eigenvalue weighted by atomic mass is 10.2. The van der Waals surface area contributed by atoms with Crippen LogP contribution in [0.1, 0.15) is 11.1 Å². The van der Waals surface area contributed by atoms with E-state index in [0.717, 1.165) is 5.56 Å². The number of rotatable bonds is 5. The Kier molecular flexibility index (Phi) is 4.36. The largest absolute Gasteiger partial charge is 0.399 e. The first-order valence-electron chi connectivity index (χ1n) is 6.24. The molecule has 1 aromatic heterocycles. The number of pyridine rings is 1. The lowest BCUT2D eigenvalue weighted by Gasteiger charge is -2.10. The highest BCUT2D eigenvalue weighted by molar-refractivity contribution is 7.89. The fourth-order valence-electron chi connectivity index (χ4n) is 1.86. The molecule has 20 heavy (non-hydrogen) atoms. The Morgan fingerprint density at radius 3 is 2.80 bits per heavy atom. The summed E-state index contributed by atoms with van der Waals surface area (Å²) in [6, 6.07) is 8.59. The fraction of sp³-hybridized carbons (Fsp3) is 0.214. The summed E-state index contributed by atoms with van der Waals surface area (Å²) in [5.41, 5.74) is 7.74. The number of aryl methyl sites for hydroxylation is 1. The van der Waals surface area contributed by atoms with Gasteiger partial charge in [0.1, 0.15) is 0 Å². The second-order valence-electron chi connectivity index (χ2n) is 4.53. The molecule has 0 radical (unpaired) electrons. The van der Waals surface area contributed by atoms with E-state index in [2.05, 4.69) is 9.71 Å². The Morgan fingerprint density at radius 2 is 2.10 bits per heavy atom. The quantitative estimate of drug-likeness (QED) is 0.817.